The number of hydrogen-bond acceptors (Lipinski definition) is 10. The van der Waals surface area contributed by atoms with E-state index >= 15 is 0 Å². The van der Waals surface area contributed by atoms with Crippen LogP contribution in [0.5, 0.6) is 17.2 Å². The van der Waals surface area contributed by atoms with E-state index in [1.807, 2.05) is 18.2 Å². The van der Waals surface area contributed by atoms with E-state index in [9.17, 15) is 20.4 Å². The van der Waals surface area contributed by atoms with E-state index in [0.717, 1.165) is 95.8 Å². The van der Waals surface area contributed by atoms with E-state index in [-0.39, 0.29) is 54.9 Å². The number of aromatic nitrogens is 1. The average Bonchev–Trinajstić information content (AvgIpc) is 3.78. The number of phenolic OH excluding ortho intramolecular Hbond substituents is 2. The Hall–Kier alpha value is -5.58. The van der Waals surface area contributed by atoms with E-state index in [4.69, 9.17) is 18.9 Å². The first-order valence-electron chi connectivity index (χ1n) is 24.2. The molecule has 4 aliphatic heterocycles. The third-order valence-electron chi connectivity index (χ3n) is 15.0. The first-order valence-corrected chi connectivity index (χ1v) is 24.2. The monoisotopic (exact) mass is 905 g/mol. The van der Waals surface area contributed by atoms with E-state index in [1.54, 1.807) is 25.3 Å². The fraction of sp³-hybridized carbons (Fsp3) is 0.429. The number of ether oxygens (including phenoxy) is 4. The zero-order valence-electron chi connectivity index (χ0n) is 38.4. The molecule has 6 atom stereocenters. The molecular weight excluding hydrogens is 843 g/mol. The molecular formula is C56H63N3O8. The number of fused-ring (bicyclic) bond motifs is 9. The van der Waals surface area contributed by atoms with Crippen LogP contribution in [0.25, 0.3) is 16.6 Å². The molecule has 10 rings (SSSR count). The molecule has 1 aliphatic carbocycles. The highest BCUT2D eigenvalue weighted by Crippen LogP contribution is 2.52. The van der Waals surface area contributed by atoms with Gasteiger partial charge >= 0.3 is 0 Å². The first kappa shape index (κ1) is 45.2. The molecule has 1 unspecified atom stereocenters. The van der Waals surface area contributed by atoms with Crippen LogP contribution in [0.15, 0.2) is 102 Å². The maximum atomic E-state index is 11.7. The van der Waals surface area contributed by atoms with E-state index < -0.39 is 6.10 Å². The van der Waals surface area contributed by atoms with Gasteiger partial charge in [0, 0.05) is 59.4 Å². The quantitative estimate of drug-likeness (QED) is 0.0667. The van der Waals surface area contributed by atoms with Gasteiger partial charge in [-0.3, -0.25) is 5.32 Å². The van der Waals surface area contributed by atoms with Crippen LogP contribution < -0.4 is 15.4 Å². The number of phenols is 2. The summed E-state index contributed by atoms with van der Waals surface area (Å²) in [6.07, 6.45) is 13.8. The number of benzene rings is 4. The van der Waals surface area contributed by atoms with Crippen LogP contribution in [0.4, 0.5) is 0 Å². The van der Waals surface area contributed by atoms with Crippen LogP contribution in [0.2, 0.25) is 0 Å². The van der Waals surface area contributed by atoms with Crippen molar-refractivity contribution in [2.45, 2.75) is 108 Å². The Morgan fingerprint density at radius 3 is 2.67 bits per heavy atom. The number of rotatable bonds is 8. The van der Waals surface area contributed by atoms with Crippen molar-refractivity contribution in [1.29, 1.82) is 0 Å². The number of aliphatic hydroxyl groups is 2. The molecule has 11 nitrogen and oxygen atoms in total. The van der Waals surface area contributed by atoms with E-state index in [0.29, 0.717) is 56.4 Å². The van der Waals surface area contributed by atoms with Gasteiger partial charge < -0.3 is 49.3 Å². The highest BCUT2D eigenvalue weighted by Gasteiger charge is 2.47. The fourth-order valence-corrected chi connectivity index (χ4v) is 11.4. The Labute approximate surface area is 393 Å². The predicted molar refractivity (Wildman–Crippen MR) is 258 cm³/mol. The van der Waals surface area contributed by atoms with Crippen molar-refractivity contribution in [2.75, 3.05) is 33.7 Å². The van der Waals surface area contributed by atoms with Crippen molar-refractivity contribution in [1.82, 2.24) is 15.2 Å². The number of aromatic hydroxyl groups is 2. The topological polar surface area (TPSA) is 147 Å². The average molecular weight is 906 g/mol. The zero-order valence-corrected chi connectivity index (χ0v) is 38.4. The molecule has 5 heterocycles. The molecule has 11 heteroatoms. The lowest BCUT2D eigenvalue weighted by atomic mass is 9.57. The van der Waals surface area contributed by atoms with Gasteiger partial charge in [0.05, 0.1) is 38.8 Å². The summed E-state index contributed by atoms with van der Waals surface area (Å²) >= 11 is 0. The third-order valence-corrected chi connectivity index (χ3v) is 15.0. The van der Waals surface area contributed by atoms with Gasteiger partial charge in [-0.2, -0.15) is 0 Å². The molecule has 6 N–H and O–H groups in total. The molecule has 4 aromatic carbocycles. The summed E-state index contributed by atoms with van der Waals surface area (Å²) in [6, 6.07) is 24.5. The summed E-state index contributed by atoms with van der Waals surface area (Å²) in [5, 5.41) is 52.7. The lowest BCUT2D eigenvalue weighted by Gasteiger charge is -2.49. The molecule has 67 heavy (non-hydrogen) atoms. The summed E-state index contributed by atoms with van der Waals surface area (Å²) in [6.45, 7) is 1.92. The van der Waals surface area contributed by atoms with Gasteiger partial charge in [-0.25, -0.2) is 0 Å². The Morgan fingerprint density at radius 1 is 0.940 bits per heavy atom. The molecule has 5 aromatic rings. The van der Waals surface area contributed by atoms with Crippen molar-refractivity contribution in [3.05, 3.63) is 141 Å². The number of hydrogen-bond donors (Lipinski definition) is 6. The maximum absolute atomic E-state index is 11.7. The summed E-state index contributed by atoms with van der Waals surface area (Å²) in [4.78, 5) is 0. The number of aryl methyl sites for hydroxylation is 3. The number of aliphatic hydroxyl groups excluding tert-OH is 2. The summed E-state index contributed by atoms with van der Waals surface area (Å²) in [5.41, 5.74) is 9.13. The van der Waals surface area contributed by atoms with Gasteiger partial charge in [0.1, 0.15) is 24.3 Å². The van der Waals surface area contributed by atoms with Gasteiger partial charge in [-0.1, -0.05) is 54.3 Å². The van der Waals surface area contributed by atoms with Crippen LogP contribution in [0.3, 0.4) is 0 Å². The molecule has 350 valence electrons. The molecule has 0 spiro atoms. The zero-order chi connectivity index (χ0) is 45.9. The first-order chi connectivity index (χ1) is 32.8. The lowest BCUT2D eigenvalue weighted by Crippen LogP contribution is -2.47. The van der Waals surface area contributed by atoms with Crippen molar-refractivity contribution < 1.29 is 39.4 Å². The predicted octanol–water partition coefficient (Wildman–Crippen LogP) is 8.13. The van der Waals surface area contributed by atoms with Gasteiger partial charge in [-0.05, 0) is 152 Å². The molecule has 1 saturated heterocycles. The number of nitrogens with zero attached hydrogens (tertiary/aromatic N) is 1. The summed E-state index contributed by atoms with van der Waals surface area (Å²) < 4.78 is 27.5. The maximum Gasteiger partial charge on any atom is 0.161 e. The van der Waals surface area contributed by atoms with E-state index in [2.05, 4.69) is 81.9 Å². The molecule has 1 aromatic heterocycles. The van der Waals surface area contributed by atoms with Crippen LogP contribution in [0.1, 0.15) is 90.3 Å². The highest BCUT2D eigenvalue weighted by molar-refractivity contribution is 5.88. The van der Waals surface area contributed by atoms with Gasteiger partial charge in [0.15, 0.2) is 11.5 Å². The largest absolute Gasteiger partial charge is 0.508 e. The molecule has 1 fully saturated rings. The van der Waals surface area contributed by atoms with Crippen molar-refractivity contribution in [3.8, 4) is 29.1 Å². The number of dihydropyridines is 1. The Balaban J connectivity index is 1.14. The Morgan fingerprint density at radius 2 is 1.81 bits per heavy atom. The number of methoxy groups -OCH3 is 1. The molecule has 0 radical (unpaired) electrons. The Kier molecular flexibility index (Phi) is 13.5. The minimum atomic E-state index is -0.670. The van der Waals surface area contributed by atoms with Crippen LogP contribution >= 0.6 is 0 Å². The fourth-order valence-electron chi connectivity index (χ4n) is 11.4. The Bertz CT molecular complexity index is 2710. The second kappa shape index (κ2) is 19.9. The van der Waals surface area contributed by atoms with Gasteiger partial charge in [-0.15, -0.1) is 0 Å². The van der Waals surface area contributed by atoms with Crippen LogP contribution in [-0.2, 0) is 52.1 Å². The summed E-state index contributed by atoms with van der Waals surface area (Å²) in [7, 11) is 1.67. The van der Waals surface area contributed by atoms with Gasteiger partial charge in [0.25, 0.3) is 0 Å². The number of nitrogens with one attached hydrogen (secondary N) is 2. The summed E-state index contributed by atoms with van der Waals surface area (Å²) in [5.74, 6) is 9.20. The van der Waals surface area contributed by atoms with Crippen LogP contribution in [-0.4, -0.2) is 77.0 Å². The second-order valence-corrected chi connectivity index (χ2v) is 19.2. The van der Waals surface area contributed by atoms with Crippen molar-refractivity contribution >= 4 is 16.6 Å². The minimum absolute atomic E-state index is 0.0337. The van der Waals surface area contributed by atoms with Crippen LogP contribution in [0, 0.1) is 23.7 Å². The standard InChI is InChI=1S/C56H63N3O8/c1-64-35-57-54-27-40-14-11-36(9-10-37-12-18-46(61)19-13-37)5-4-7-48-28-47(62)20-16-39-26-53(52(63)25-42(39)31-60)67-32-43-24-45(23-41-29-59(30-49(41)43)55(58-54)50(40)34-66-48)56-21-22-65-33-44(56)17-15-38-6-2-3-8-51(38)56/h2-3,6,8,12-13,18-19,23-27,29-30,36,44,47-48,54,57-58,60-63H,4-5,7,9-10,15-17,20-22,28,31-35H2,1H3/t36-,44+,47+,48-,54?,56+/m0/s1. The normalized spacial score (nSPS) is 25.3. The second-order valence-electron chi connectivity index (χ2n) is 19.2. The molecule has 0 amide bonds. The minimum Gasteiger partial charge on any atom is -0.508 e. The lowest BCUT2D eigenvalue weighted by molar-refractivity contribution is 0.00498. The van der Waals surface area contributed by atoms with E-state index in [1.165, 1.54) is 16.7 Å². The van der Waals surface area contributed by atoms with Crippen molar-refractivity contribution in [3.63, 3.8) is 0 Å². The third kappa shape index (κ3) is 9.49. The highest BCUT2D eigenvalue weighted by atomic mass is 16.5. The smallest absolute Gasteiger partial charge is 0.161 e. The molecule has 5 aliphatic rings. The van der Waals surface area contributed by atoms with Gasteiger partial charge in [0.2, 0.25) is 0 Å². The SMILES string of the molecule is COCNC1C=C2C#C[C@H](CCc3ccc(O)cc3)CCC[C@H]3C[C@H](O)CCc4cc(c(O)cc4CO)OCc4cc([C@@]56CCOC[C@H]5CCc5ccccc56)cc5cn(cc45)C(=C2CO3)N1. The van der Waals surface area contributed by atoms with Crippen molar-refractivity contribution in [2.24, 2.45) is 11.8 Å². The molecule has 6 bridgehead atoms. The molecule has 0 saturated carbocycles.